The molecule has 1 N–H and O–H groups in total. The van der Waals surface area contributed by atoms with Crippen LogP contribution in [0.15, 0.2) is 53.7 Å². The third-order valence-electron chi connectivity index (χ3n) is 2.93. The number of carbonyl (C=O) groups is 1. The molecule has 0 bridgehead atoms. The van der Waals surface area contributed by atoms with Crippen LogP contribution in [-0.4, -0.2) is 15.6 Å². The van der Waals surface area contributed by atoms with Crippen LogP contribution in [0.5, 0.6) is 0 Å². The Bertz CT molecular complexity index is 679. The fourth-order valence-electron chi connectivity index (χ4n) is 1.83. The molecule has 3 nitrogen and oxygen atoms in total. The molecule has 0 aliphatic rings. The van der Waals surface area contributed by atoms with E-state index < -0.39 is 5.97 Å². The highest BCUT2D eigenvalue weighted by Gasteiger charge is 2.06. The number of fused-ring (bicyclic) bond motifs is 1. The normalized spacial score (nSPS) is 11.0. The van der Waals surface area contributed by atoms with Gasteiger partial charge >= 0.3 is 5.97 Å². The molecule has 1 heterocycles. The van der Waals surface area contributed by atoms with Crippen LogP contribution >= 0.6 is 11.6 Å². The fraction of sp³-hybridized carbons (Fsp3) is 0.235. The van der Waals surface area contributed by atoms with Crippen LogP contribution in [0, 0.1) is 0 Å². The Balaban J connectivity index is 0.000000491. The summed E-state index contributed by atoms with van der Waals surface area (Å²) in [5.74, 6) is -0.885. The third-order valence-corrected chi connectivity index (χ3v) is 2.93. The molecule has 1 aromatic heterocycles. The first kappa shape index (κ1) is 17.1. The average Bonchev–Trinajstić information content (AvgIpc) is 2.80. The summed E-state index contributed by atoms with van der Waals surface area (Å²) in [5, 5.41) is 10.5. The number of rotatable bonds is 3. The second-order valence-corrected chi connectivity index (χ2v) is 5.48. The van der Waals surface area contributed by atoms with Gasteiger partial charge in [-0.1, -0.05) is 29.8 Å². The number of aromatic carboxylic acids is 1. The summed E-state index contributed by atoms with van der Waals surface area (Å²) < 4.78 is 2.12. The standard InChI is InChI=1S/C14H15NO2.C3H5Cl/c1-3-10(2)9-15-7-6-11-8-12(14(16)17)4-5-13(11)15;1-3(2)4/h3-8H,9H2,1-2H3,(H,16,17);1H2,2H3/b10-3+;. The van der Waals surface area contributed by atoms with Crippen LogP contribution in [-0.2, 0) is 6.54 Å². The van der Waals surface area contributed by atoms with Crippen molar-refractivity contribution in [2.45, 2.75) is 27.3 Å². The van der Waals surface area contributed by atoms with Crippen molar-refractivity contribution in [3.8, 4) is 0 Å². The number of nitrogens with zero attached hydrogens (tertiary/aromatic N) is 1. The highest BCUT2D eigenvalue weighted by atomic mass is 35.5. The molecule has 21 heavy (non-hydrogen) atoms. The van der Waals surface area contributed by atoms with E-state index in [-0.39, 0.29) is 0 Å². The first-order chi connectivity index (χ1) is 9.85. The van der Waals surface area contributed by atoms with Gasteiger partial charge in [-0.05, 0) is 45.0 Å². The zero-order valence-electron chi connectivity index (χ0n) is 12.6. The Morgan fingerprint density at radius 1 is 1.38 bits per heavy atom. The van der Waals surface area contributed by atoms with Crippen molar-refractivity contribution in [3.05, 3.63) is 59.3 Å². The summed E-state index contributed by atoms with van der Waals surface area (Å²) in [6.07, 6.45) is 4.07. The summed E-state index contributed by atoms with van der Waals surface area (Å²) in [6, 6.07) is 7.16. The van der Waals surface area contributed by atoms with Crippen LogP contribution in [0.3, 0.4) is 0 Å². The van der Waals surface area contributed by atoms with Crippen molar-refractivity contribution >= 4 is 28.5 Å². The van der Waals surface area contributed by atoms with Crippen molar-refractivity contribution in [1.29, 1.82) is 0 Å². The van der Waals surface area contributed by atoms with Gasteiger partial charge in [0.05, 0.1) is 5.56 Å². The van der Waals surface area contributed by atoms with Gasteiger partial charge in [-0.3, -0.25) is 0 Å². The number of benzene rings is 1. The minimum absolute atomic E-state index is 0.331. The fourth-order valence-corrected chi connectivity index (χ4v) is 1.83. The first-order valence-electron chi connectivity index (χ1n) is 6.60. The highest BCUT2D eigenvalue weighted by Crippen LogP contribution is 2.18. The van der Waals surface area contributed by atoms with Gasteiger partial charge in [0.25, 0.3) is 0 Å². The largest absolute Gasteiger partial charge is 0.478 e. The number of carboxylic acid groups (broad SMARTS) is 1. The molecule has 2 rings (SSSR count). The van der Waals surface area contributed by atoms with Crippen molar-refractivity contribution in [2.75, 3.05) is 0 Å². The maximum Gasteiger partial charge on any atom is 0.335 e. The van der Waals surface area contributed by atoms with E-state index in [4.69, 9.17) is 16.7 Å². The van der Waals surface area contributed by atoms with E-state index in [1.54, 1.807) is 19.1 Å². The smallest absolute Gasteiger partial charge is 0.335 e. The summed E-state index contributed by atoms with van der Waals surface area (Å²) in [6.45, 7) is 10.00. The number of halogens is 1. The highest BCUT2D eigenvalue weighted by molar-refractivity contribution is 6.28. The molecule has 0 aliphatic carbocycles. The SMILES string of the molecule is C/C=C(\C)Cn1ccc2cc(C(=O)O)ccc21.C=C(C)Cl. The molecule has 0 spiro atoms. The van der Waals surface area contributed by atoms with Crippen LogP contribution < -0.4 is 0 Å². The Kier molecular flexibility index (Phi) is 6.25. The molecular formula is C17H20ClNO2. The number of hydrogen-bond acceptors (Lipinski definition) is 1. The summed E-state index contributed by atoms with van der Waals surface area (Å²) in [7, 11) is 0. The number of carboxylic acids is 1. The predicted octanol–water partition coefficient (Wildman–Crippen LogP) is 5.06. The van der Waals surface area contributed by atoms with Gasteiger partial charge in [0.2, 0.25) is 0 Å². The zero-order chi connectivity index (χ0) is 16.0. The van der Waals surface area contributed by atoms with Gasteiger partial charge < -0.3 is 9.67 Å². The third kappa shape index (κ3) is 5.12. The zero-order valence-corrected chi connectivity index (χ0v) is 13.3. The van der Waals surface area contributed by atoms with Crippen LogP contribution in [0.2, 0.25) is 0 Å². The van der Waals surface area contributed by atoms with E-state index in [0.717, 1.165) is 17.4 Å². The van der Waals surface area contributed by atoms with Crippen LogP contribution in [0.1, 0.15) is 31.1 Å². The number of hydrogen-bond donors (Lipinski definition) is 1. The molecule has 0 aliphatic heterocycles. The van der Waals surface area contributed by atoms with Crippen LogP contribution in [0.25, 0.3) is 10.9 Å². The Morgan fingerprint density at radius 3 is 2.52 bits per heavy atom. The van der Waals surface area contributed by atoms with Gasteiger partial charge in [0.15, 0.2) is 0 Å². The maximum atomic E-state index is 10.9. The molecule has 112 valence electrons. The average molecular weight is 306 g/mol. The molecule has 0 unspecified atom stereocenters. The van der Waals surface area contributed by atoms with Crippen molar-refractivity contribution in [1.82, 2.24) is 4.57 Å². The Morgan fingerprint density at radius 2 is 2.00 bits per heavy atom. The molecule has 0 atom stereocenters. The molecule has 0 radical (unpaired) electrons. The molecule has 0 saturated heterocycles. The van der Waals surface area contributed by atoms with E-state index in [1.807, 2.05) is 25.3 Å². The lowest BCUT2D eigenvalue weighted by Gasteiger charge is -2.05. The number of aromatic nitrogens is 1. The Hall–Kier alpha value is -2.00. The lowest BCUT2D eigenvalue weighted by atomic mass is 10.1. The second-order valence-electron chi connectivity index (χ2n) is 4.83. The van der Waals surface area contributed by atoms with Gasteiger partial charge in [-0.15, -0.1) is 0 Å². The summed E-state index contributed by atoms with van der Waals surface area (Å²) in [5.41, 5.74) is 2.68. The topological polar surface area (TPSA) is 42.2 Å². The molecule has 0 amide bonds. The monoisotopic (exact) mass is 305 g/mol. The molecular weight excluding hydrogens is 286 g/mol. The lowest BCUT2D eigenvalue weighted by Crippen LogP contribution is -1.98. The summed E-state index contributed by atoms with van der Waals surface area (Å²) >= 11 is 5.08. The Labute approximate surface area is 130 Å². The van der Waals surface area contributed by atoms with Gasteiger partial charge in [0, 0.05) is 28.7 Å². The van der Waals surface area contributed by atoms with Gasteiger partial charge in [-0.2, -0.15) is 0 Å². The van der Waals surface area contributed by atoms with Crippen molar-refractivity contribution in [3.63, 3.8) is 0 Å². The number of allylic oxidation sites excluding steroid dienone is 3. The molecule has 2 aromatic rings. The minimum Gasteiger partial charge on any atom is -0.478 e. The van der Waals surface area contributed by atoms with Gasteiger partial charge in [0.1, 0.15) is 0 Å². The van der Waals surface area contributed by atoms with Crippen LogP contribution in [0.4, 0.5) is 0 Å². The predicted molar refractivity (Wildman–Crippen MR) is 89.0 cm³/mol. The van der Waals surface area contributed by atoms with Crippen molar-refractivity contribution in [2.24, 2.45) is 0 Å². The molecule has 1 aromatic carbocycles. The molecule has 0 saturated carbocycles. The van der Waals surface area contributed by atoms with E-state index in [1.165, 1.54) is 5.57 Å². The minimum atomic E-state index is -0.885. The van der Waals surface area contributed by atoms with Gasteiger partial charge in [-0.25, -0.2) is 4.79 Å². The van der Waals surface area contributed by atoms with E-state index in [9.17, 15) is 4.79 Å². The maximum absolute atomic E-state index is 10.9. The first-order valence-corrected chi connectivity index (χ1v) is 6.98. The summed E-state index contributed by atoms with van der Waals surface area (Å²) in [4.78, 5) is 10.9. The van der Waals surface area contributed by atoms with E-state index in [2.05, 4.69) is 24.1 Å². The molecule has 4 heteroatoms. The quantitative estimate of drug-likeness (QED) is 0.805. The van der Waals surface area contributed by atoms with E-state index >= 15 is 0 Å². The second kappa shape index (κ2) is 7.70. The molecule has 0 fully saturated rings. The van der Waals surface area contributed by atoms with Crippen molar-refractivity contribution < 1.29 is 9.90 Å². The van der Waals surface area contributed by atoms with E-state index in [0.29, 0.717) is 10.6 Å². The lowest BCUT2D eigenvalue weighted by molar-refractivity contribution is 0.0697.